The van der Waals surface area contributed by atoms with Gasteiger partial charge in [-0.2, -0.15) is 0 Å². The lowest BCUT2D eigenvalue weighted by molar-refractivity contribution is -0.870. The first kappa shape index (κ1) is 55.7. The number of likely N-dealkylation sites (N-methyl/N-ethyl adjacent to an activating group) is 1. The van der Waals surface area contributed by atoms with Crippen molar-refractivity contribution < 1.29 is 42.9 Å². The van der Waals surface area contributed by atoms with Gasteiger partial charge >= 0.3 is 17.9 Å². The van der Waals surface area contributed by atoms with E-state index in [-0.39, 0.29) is 32.2 Å². The lowest BCUT2D eigenvalue weighted by Crippen LogP contribution is -2.40. The Morgan fingerprint density at radius 2 is 0.966 bits per heavy atom. The fourth-order valence-electron chi connectivity index (χ4n) is 5.90. The molecule has 0 saturated carbocycles. The number of carboxylic acid groups (broad SMARTS) is 1. The minimum absolute atomic E-state index is 0.176. The molecular formula is C50H86NO8+. The van der Waals surface area contributed by atoms with Gasteiger partial charge in [0.05, 0.1) is 34.4 Å². The topological polar surface area (TPSA) is 108 Å². The Bertz CT molecular complexity index is 1200. The van der Waals surface area contributed by atoms with Crippen molar-refractivity contribution >= 4 is 17.9 Å². The number of rotatable bonds is 41. The molecule has 0 aromatic rings. The second-order valence-electron chi connectivity index (χ2n) is 16.3. The number of esters is 2. The average molecular weight is 829 g/mol. The number of allylic oxidation sites excluding steroid dienone is 12. The van der Waals surface area contributed by atoms with Gasteiger partial charge in [0, 0.05) is 12.8 Å². The summed E-state index contributed by atoms with van der Waals surface area (Å²) in [4.78, 5) is 37.1. The molecule has 1 N–H and O–H groups in total. The molecule has 0 bridgehead atoms. The van der Waals surface area contributed by atoms with Crippen LogP contribution in [0.5, 0.6) is 0 Å². The number of aliphatic carboxylic acids is 1. The van der Waals surface area contributed by atoms with E-state index in [0.717, 1.165) is 70.6 Å². The van der Waals surface area contributed by atoms with E-state index in [1.807, 2.05) is 21.1 Å². The molecule has 0 rings (SSSR count). The van der Waals surface area contributed by atoms with E-state index in [1.165, 1.54) is 64.2 Å². The van der Waals surface area contributed by atoms with Crippen molar-refractivity contribution in [1.29, 1.82) is 0 Å². The molecular weight excluding hydrogens is 743 g/mol. The van der Waals surface area contributed by atoms with Crippen LogP contribution < -0.4 is 0 Å². The van der Waals surface area contributed by atoms with Crippen LogP contribution in [0.2, 0.25) is 0 Å². The van der Waals surface area contributed by atoms with Crippen molar-refractivity contribution in [2.75, 3.05) is 47.5 Å². The zero-order chi connectivity index (χ0) is 43.5. The third-order valence-corrected chi connectivity index (χ3v) is 9.48. The largest absolute Gasteiger partial charge is 0.477 e. The first-order valence-corrected chi connectivity index (χ1v) is 23.1. The summed E-state index contributed by atoms with van der Waals surface area (Å²) in [5.74, 6) is -2.07. The van der Waals surface area contributed by atoms with Gasteiger partial charge in [-0.15, -0.1) is 0 Å². The molecule has 0 aliphatic rings. The predicted molar refractivity (Wildman–Crippen MR) is 244 cm³/mol. The first-order chi connectivity index (χ1) is 28.6. The zero-order valence-corrected chi connectivity index (χ0v) is 38.1. The van der Waals surface area contributed by atoms with Crippen LogP contribution in [0.4, 0.5) is 0 Å². The SMILES string of the molecule is CC/C=C\C/C=C\C/C=C\C/C=C\C/C=C\C/C=C\CCCCC(=O)OC(COC(=O)CCCCCCCCCCCCCCC)COC(OCC[N+](C)(C)C)C(=O)O. The fraction of sp³-hybridized carbons (Fsp3) is 0.700. The molecule has 0 aliphatic carbocycles. The third kappa shape index (κ3) is 42.7. The molecule has 2 unspecified atom stereocenters. The van der Waals surface area contributed by atoms with Gasteiger partial charge in [0.2, 0.25) is 0 Å². The summed E-state index contributed by atoms with van der Waals surface area (Å²) in [6.07, 6.45) is 48.2. The van der Waals surface area contributed by atoms with E-state index in [1.54, 1.807) is 0 Å². The zero-order valence-electron chi connectivity index (χ0n) is 38.1. The van der Waals surface area contributed by atoms with Crippen molar-refractivity contribution in [2.24, 2.45) is 0 Å². The van der Waals surface area contributed by atoms with Gasteiger partial charge in [-0.05, 0) is 64.2 Å². The van der Waals surface area contributed by atoms with Crippen LogP contribution in [-0.4, -0.2) is 87.4 Å². The number of nitrogens with zero attached hydrogens (tertiary/aromatic N) is 1. The number of carbonyl (C=O) groups excluding carboxylic acids is 2. The number of ether oxygens (including phenoxy) is 4. The Morgan fingerprint density at radius 3 is 1.44 bits per heavy atom. The van der Waals surface area contributed by atoms with Crippen molar-refractivity contribution in [1.82, 2.24) is 0 Å². The molecule has 0 aromatic carbocycles. The molecule has 0 saturated heterocycles. The number of carboxylic acids is 1. The number of carbonyl (C=O) groups is 3. The van der Waals surface area contributed by atoms with Gasteiger partial charge in [0.25, 0.3) is 6.29 Å². The highest BCUT2D eigenvalue weighted by atomic mass is 16.7. The predicted octanol–water partition coefficient (Wildman–Crippen LogP) is 12.3. The van der Waals surface area contributed by atoms with E-state index < -0.39 is 24.3 Å². The molecule has 9 heteroatoms. The average Bonchev–Trinajstić information content (AvgIpc) is 3.19. The summed E-state index contributed by atoms with van der Waals surface area (Å²) in [5, 5.41) is 9.64. The van der Waals surface area contributed by atoms with Crippen LogP contribution in [0, 0.1) is 0 Å². The lowest BCUT2D eigenvalue weighted by atomic mass is 10.0. The van der Waals surface area contributed by atoms with Gasteiger partial charge in [0.15, 0.2) is 6.10 Å². The van der Waals surface area contributed by atoms with Crippen LogP contribution in [0.1, 0.15) is 168 Å². The fourth-order valence-corrected chi connectivity index (χ4v) is 5.90. The van der Waals surface area contributed by atoms with E-state index in [9.17, 15) is 19.5 Å². The van der Waals surface area contributed by atoms with Crippen LogP contribution in [0.25, 0.3) is 0 Å². The molecule has 0 aromatic heterocycles. The molecule has 59 heavy (non-hydrogen) atoms. The highest BCUT2D eigenvalue weighted by Crippen LogP contribution is 2.14. The maximum absolute atomic E-state index is 12.8. The molecule has 0 radical (unpaired) electrons. The minimum Gasteiger partial charge on any atom is -0.477 e. The standard InChI is InChI=1S/C50H85NO8/c1-6-8-10-12-14-16-18-20-21-22-23-24-25-26-27-29-31-33-35-37-39-41-48(53)59-46(45-58-50(49(54)55)56-43-42-51(3,4)5)44-57-47(52)40-38-36-34-32-30-28-19-17-15-13-11-9-7-2/h8,10,14,16,20-21,23-24,26-27,31,33,46,50H,6-7,9,11-13,15,17-19,22,25,28-30,32,34-45H2,1-5H3/p+1/b10-8-,16-14-,21-20-,24-23-,27-26-,33-31-. The highest BCUT2D eigenvalue weighted by molar-refractivity contribution is 5.71. The third-order valence-electron chi connectivity index (χ3n) is 9.48. The van der Waals surface area contributed by atoms with Crippen LogP contribution in [-0.2, 0) is 33.3 Å². The lowest BCUT2D eigenvalue weighted by Gasteiger charge is -2.25. The first-order valence-electron chi connectivity index (χ1n) is 23.1. The Hall–Kier alpha value is -3.27. The number of hydrogen-bond donors (Lipinski definition) is 1. The van der Waals surface area contributed by atoms with Gasteiger partial charge in [-0.25, -0.2) is 4.79 Å². The summed E-state index contributed by atoms with van der Waals surface area (Å²) in [6.45, 7) is 4.69. The summed E-state index contributed by atoms with van der Waals surface area (Å²) in [7, 11) is 5.93. The second kappa shape index (κ2) is 41.5. The van der Waals surface area contributed by atoms with Crippen molar-refractivity contribution in [2.45, 2.75) is 180 Å². The normalized spacial score (nSPS) is 13.6. The van der Waals surface area contributed by atoms with Gasteiger partial charge in [-0.3, -0.25) is 9.59 Å². The summed E-state index contributed by atoms with van der Waals surface area (Å²) < 4.78 is 22.7. The van der Waals surface area contributed by atoms with Crippen molar-refractivity contribution in [3.63, 3.8) is 0 Å². The summed E-state index contributed by atoms with van der Waals surface area (Å²) >= 11 is 0. The maximum atomic E-state index is 12.8. The molecule has 0 aliphatic heterocycles. The van der Waals surface area contributed by atoms with Crippen LogP contribution >= 0.6 is 0 Å². The Balaban J connectivity index is 4.52. The maximum Gasteiger partial charge on any atom is 0.361 e. The van der Waals surface area contributed by atoms with Gasteiger partial charge < -0.3 is 28.5 Å². The van der Waals surface area contributed by atoms with Crippen LogP contribution in [0.15, 0.2) is 72.9 Å². The highest BCUT2D eigenvalue weighted by Gasteiger charge is 2.25. The molecule has 338 valence electrons. The summed E-state index contributed by atoms with van der Waals surface area (Å²) in [6, 6.07) is 0. The molecule has 0 heterocycles. The van der Waals surface area contributed by atoms with Gasteiger partial charge in [0.1, 0.15) is 13.2 Å². The molecule has 9 nitrogen and oxygen atoms in total. The summed E-state index contributed by atoms with van der Waals surface area (Å²) in [5.41, 5.74) is 0. The monoisotopic (exact) mass is 829 g/mol. The van der Waals surface area contributed by atoms with E-state index >= 15 is 0 Å². The van der Waals surface area contributed by atoms with Crippen molar-refractivity contribution in [3.05, 3.63) is 72.9 Å². The quantitative estimate of drug-likeness (QED) is 0.0213. The van der Waals surface area contributed by atoms with Gasteiger partial charge in [-0.1, -0.05) is 164 Å². The van der Waals surface area contributed by atoms with Crippen LogP contribution in [0.3, 0.4) is 0 Å². The Labute approximate surface area is 360 Å². The smallest absolute Gasteiger partial charge is 0.361 e. The number of quaternary nitrogens is 1. The minimum atomic E-state index is -1.52. The molecule has 0 spiro atoms. The van der Waals surface area contributed by atoms with E-state index in [0.29, 0.717) is 23.9 Å². The van der Waals surface area contributed by atoms with E-state index in [4.69, 9.17) is 18.9 Å². The van der Waals surface area contributed by atoms with Crippen molar-refractivity contribution in [3.8, 4) is 0 Å². The second-order valence-corrected chi connectivity index (χ2v) is 16.3. The Morgan fingerprint density at radius 1 is 0.525 bits per heavy atom. The molecule has 0 fully saturated rings. The molecule has 2 atom stereocenters. The molecule has 0 amide bonds. The number of hydrogen-bond acceptors (Lipinski definition) is 7. The number of unbranched alkanes of at least 4 members (excludes halogenated alkanes) is 14. The Kier molecular flexibility index (Phi) is 39.2. The van der Waals surface area contributed by atoms with E-state index in [2.05, 4.69) is 86.8 Å².